The number of hydrogen-bond donors (Lipinski definition) is 1. The van der Waals surface area contributed by atoms with E-state index in [9.17, 15) is 8.42 Å². The van der Waals surface area contributed by atoms with Crippen molar-refractivity contribution in [2.45, 2.75) is 44.6 Å². The van der Waals surface area contributed by atoms with E-state index in [0.29, 0.717) is 18.0 Å². The summed E-state index contributed by atoms with van der Waals surface area (Å²) in [5.41, 5.74) is 2.24. The summed E-state index contributed by atoms with van der Waals surface area (Å²) in [5, 5.41) is 10.7. The van der Waals surface area contributed by atoms with Crippen molar-refractivity contribution in [2.75, 3.05) is 6.54 Å². The lowest BCUT2D eigenvalue weighted by molar-refractivity contribution is 0.380. The number of aromatic amines is 1. The van der Waals surface area contributed by atoms with Gasteiger partial charge in [0.25, 0.3) is 0 Å². The van der Waals surface area contributed by atoms with Gasteiger partial charge in [-0.05, 0) is 39.2 Å². The highest BCUT2D eigenvalue weighted by atomic mass is 32.2. The number of aryl methyl sites for hydroxylation is 3. The summed E-state index contributed by atoms with van der Waals surface area (Å²) in [6.07, 6.45) is 3.33. The maximum absolute atomic E-state index is 12.9. The van der Waals surface area contributed by atoms with Gasteiger partial charge in [-0.2, -0.15) is 9.40 Å². The first-order valence-electron chi connectivity index (χ1n) is 6.87. The SMILES string of the molecule is Cc1cn[nH]c1[C@H]1CCCN1S(=O)(=O)c1c(C)noc1C. The zero-order chi connectivity index (χ0) is 15.2. The van der Waals surface area contributed by atoms with Crippen LogP contribution in [0.4, 0.5) is 0 Å². The van der Waals surface area contributed by atoms with Crippen LogP contribution in [0.2, 0.25) is 0 Å². The van der Waals surface area contributed by atoms with Crippen molar-refractivity contribution in [3.05, 3.63) is 28.9 Å². The van der Waals surface area contributed by atoms with Crippen LogP contribution >= 0.6 is 0 Å². The molecule has 3 rings (SSSR count). The van der Waals surface area contributed by atoms with Gasteiger partial charge in [-0.15, -0.1) is 0 Å². The molecule has 114 valence electrons. The fourth-order valence-corrected chi connectivity index (χ4v) is 4.93. The Morgan fingerprint density at radius 1 is 1.38 bits per heavy atom. The molecule has 0 amide bonds. The van der Waals surface area contributed by atoms with Crippen LogP contribution in [0.25, 0.3) is 0 Å². The molecule has 0 bridgehead atoms. The van der Waals surface area contributed by atoms with Crippen LogP contribution in [0.3, 0.4) is 0 Å². The molecule has 1 N–H and O–H groups in total. The fourth-order valence-electron chi connectivity index (χ4n) is 2.97. The van der Waals surface area contributed by atoms with Crippen molar-refractivity contribution < 1.29 is 12.9 Å². The molecule has 0 saturated carbocycles. The summed E-state index contributed by atoms with van der Waals surface area (Å²) in [7, 11) is -3.62. The predicted molar refractivity (Wildman–Crippen MR) is 75.2 cm³/mol. The molecular weight excluding hydrogens is 292 g/mol. The lowest BCUT2D eigenvalue weighted by atomic mass is 10.1. The number of rotatable bonds is 3. The summed E-state index contributed by atoms with van der Waals surface area (Å²) >= 11 is 0. The van der Waals surface area contributed by atoms with Gasteiger partial charge in [-0.1, -0.05) is 5.16 Å². The number of H-pyrrole nitrogens is 1. The Balaban J connectivity index is 2.05. The van der Waals surface area contributed by atoms with Gasteiger partial charge in [0, 0.05) is 6.54 Å². The maximum Gasteiger partial charge on any atom is 0.249 e. The molecule has 2 aromatic heterocycles. The Kier molecular flexibility index (Phi) is 3.37. The Morgan fingerprint density at radius 3 is 2.71 bits per heavy atom. The molecule has 3 heterocycles. The lowest BCUT2D eigenvalue weighted by Crippen LogP contribution is -2.31. The molecule has 1 fully saturated rings. The van der Waals surface area contributed by atoms with E-state index in [4.69, 9.17) is 4.52 Å². The predicted octanol–water partition coefficient (Wildman–Crippen LogP) is 1.85. The number of nitrogens with zero attached hydrogens (tertiary/aromatic N) is 3. The quantitative estimate of drug-likeness (QED) is 0.934. The molecule has 0 unspecified atom stereocenters. The third-order valence-electron chi connectivity index (χ3n) is 3.94. The Bertz CT molecular complexity index is 743. The van der Waals surface area contributed by atoms with Gasteiger partial charge in [-0.25, -0.2) is 8.42 Å². The molecule has 0 aliphatic carbocycles. The van der Waals surface area contributed by atoms with E-state index in [0.717, 1.165) is 24.1 Å². The lowest BCUT2D eigenvalue weighted by Gasteiger charge is -2.23. The van der Waals surface area contributed by atoms with Crippen molar-refractivity contribution >= 4 is 10.0 Å². The van der Waals surface area contributed by atoms with Crippen LogP contribution in [0.15, 0.2) is 15.6 Å². The molecular formula is C13H18N4O3S. The van der Waals surface area contributed by atoms with Crippen molar-refractivity contribution in [2.24, 2.45) is 0 Å². The number of aromatic nitrogens is 3. The number of nitrogens with one attached hydrogen (secondary N) is 1. The highest BCUT2D eigenvalue weighted by Crippen LogP contribution is 2.38. The van der Waals surface area contributed by atoms with E-state index in [2.05, 4.69) is 15.4 Å². The second-order valence-electron chi connectivity index (χ2n) is 5.39. The molecule has 21 heavy (non-hydrogen) atoms. The minimum Gasteiger partial charge on any atom is -0.360 e. The van der Waals surface area contributed by atoms with E-state index in [1.165, 1.54) is 4.31 Å². The highest BCUT2D eigenvalue weighted by Gasteiger charge is 2.40. The highest BCUT2D eigenvalue weighted by molar-refractivity contribution is 7.89. The second-order valence-corrected chi connectivity index (χ2v) is 7.22. The summed E-state index contributed by atoms with van der Waals surface area (Å²) in [6.45, 7) is 5.70. The third kappa shape index (κ3) is 2.18. The molecule has 7 nitrogen and oxygen atoms in total. The zero-order valence-electron chi connectivity index (χ0n) is 12.3. The largest absolute Gasteiger partial charge is 0.360 e. The average Bonchev–Trinajstić information content (AvgIpc) is 3.09. The topological polar surface area (TPSA) is 92.1 Å². The zero-order valence-corrected chi connectivity index (χ0v) is 13.1. The van der Waals surface area contributed by atoms with Crippen LogP contribution in [-0.2, 0) is 10.0 Å². The Labute approximate surface area is 123 Å². The smallest absolute Gasteiger partial charge is 0.249 e. The monoisotopic (exact) mass is 310 g/mol. The van der Waals surface area contributed by atoms with Crippen molar-refractivity contribution in [3.8, 4) is 0 Å². The summed E-state index contributed by atoms with van der Waals surface area (Å²) in [6, 6.07) is -0.203. The van der Waals surface area contributed by atoms with Gasteiger partial charge >= 0.3 is 0 Å². The van der Waals surface area contributed by atoms with E-state index in [1.54, 1.807) is 20.0 Å². The number of hydrogen-bond acceptors (Lipinski definition) is 5. The van der Waals surface area contributed by atoms with Crippen molar-refractivity contribution in [3.63, 3.8) is 0 Å². The van der Waals surface area contributed by atoms with Crippen LogP contribution in [0.5, 0.6) is 0 Å². The molecule has 0 radical (unpaired) electrons. The normalized spacial score (nSPS) is 20.2. The van der Waals surface area contributed by atoms with Crippen LogP contribution in [0.1, 0.15) is 41.6 Å². The summed E-state index contributed by atoms with van der Waals surface area (Å²) < 4.78 is 32.4. The van der Waals surface area contributed by atoms with Gasteiger partial charge < -0.3 is 4.52 Å². The standard InChI is InChI=1S/C13H18N4O3S/c1-8-7-14-15-12(8)11-5-4-6-17(11)21(18,19)13-9(2)16-20-10(13)3/h7,11H,4-6H2,1-3H3,(H,14,15)/t11-/m1/s1. The van der Waals surface area contributed by atoms with E-state index < -0.39 is 10.0 Å². The Hall–Kier alpha value is -1.67. The molecule has 2 aromatic rings. The van der Waals surface area contributed by atoms with Crippen LogP contribution in [0, 0.1) is 20.8 Å². The first-order valence-corrected chi connectivity index (χ1v) is 8.31. The van der Waals surface area contributed by atoms with E-state index in [1.807, 2.05) is 6.92 Å². The molecule has 1 saturated heterocycles. The van der Waals surface area contributed by atoms with E-state index >= 15 is 0 Å². The first kappa shape index (κ1) is 14.3. The fraction of sp³-hybridized carbons (Fsp3) is 0.538. The minimum atomic E-state index is -3.62. The first-order chi connectivity index (χ1) is 9.93. The van der Waals surface area contributed by atoms with Gasteiger partial charge in [0.2, 0.25) is 10.0 Å². The second kappa shape index (κ2) is 4.96. The molecule has 8 heteroatoms. The van der Waals surface area contributed by atoms with Gasteiger partial charge in [0.1, 0.15) is 10.6 Å². The molecule has 0 aromatic carbocycles. The van der Waals surface area contributed by atoms with Gasteiger partial charge in [0.15, 0.2) is 5.76 Å². The van der Waals surface area contributed by atoms with E-state index in [-0.39, 0.29) is 10.9 Å². The maximum atomic E-state index is 12.9. The van der Waals surface area contributed by atoms with Gasteiger partial charge in [0.05, 0.1) is 17.9 Å². The molecule has 1 atom stereocenters. The minimum absolute atomic E-state index is 0.187. The van der Waals surface area contributed by atoms with Crippen LogP contribution < -0.4 is 0 Å². The van der Waals surface area contributed by atoms with Crippen molar-refractivity contribution in [1.82, 2.24) is 19.7 Å². The van der Waals surface area contributed by atoms with Gasteiger partial charge in [-0.3, -0.25) is 5.10 Å². The average molecular weight is 310 g/mol. The molecule has 1 aliphatic heterocycles. The third-order valence-corrected chi connectivity index (χ3v) is 6.09. The summed E-state index contributed by atoms with van der Waals surface area (Å²) in [4.78, 5) is 0.187. The van der Waals surface area contributed by atoms with Crippen molar-refractivity contribution in [1.29, 1.82) is 0 Å². The molecule has 0 spiro atoms. The number of sulfonamides is 1. The summed E-state index contributed by atoms with van der Waals surface area (Å²) in [5.74, 6) is 0.333. The Morgan fingerprint density at radius 2 is 2.14 bits per heavy atom. The molecule has 1 aliphatic rings. The van der Waals surface area contributed by atoms with Crippen LogP contribution in [-0.4, -0.2) is 34.6 Å².